The lowest BCUT2D eigenvalue weighted by Crippen LogP contribution is -2.31. The van der Waals surface area contributed by atoms with Gasteiger partial charge >= 0.3 is 6.01 Å². The molecule has 144 valence electrons. The van der Waals surface area contributed by atoms with Crippen molar-refractivity contribution in [2.45, 2.75) is 25.3 Å². The molecule has 1 fully saturated rings. The molecule has 0 aliphatic carbocycles. The summed E-state index contributed by atoms with van der Waals surface area (Å²) in [6.45, 7) is 1.57. The number of nitrogens with zero attached hydrogens (tertiary/aromatic N) is 5. The fourth-order valence-corrected chi connectivity index (χ4v) is 3.85. The highest BCUT2D eigenvalue weighted by molar-refractivity contribution is 5.81. The lowest BCUT2D eigenvalue weighted by Gasteiger charge is -2.18. The van der Waals surface area contributed by atoms with Crippen molar-refractivity contribution in [2.75, 3.05) is 20.2 Å². The van der Waals surface area contributed by atoms with Crippen molar-refractivity contribution in [1.29, 1.82) is 0 Å². The van der Waals surface area contributed by atoms with Crippen molar-refractivity contribution >= 4 is 16.6 Å². The van der Waals surface area contributed by atoms with E-state index < -0.39 is 0 Å². The molecular weight excluding hydrogens is 358 g/mol. The van der Waals surface area contributed by atoms with Gasteiger partial charge in [0.15, 0.2) is 0 Å². The maximum absolute atomic E-state index is 12.4. The Labute approximate surface area is 160 Å². The van der Waals surface area contributed by atoms with Crippen LogP contribution in [0, 0.1) is 0 Å². The molecule has 1 aliphatic rings. The van der Waals surface area contributed by atoms with Gasteiger partial charge in [0, 0.05) is 17.8 Å². The summed E-state index contributed by atoms with van der Waals surface area (Å²) in [6.07, 6.45) is 6.33. The minimum Gasteiger partial charge on any atom is -0.462 e. The van der Waals surface area contributed by atoms with Crippen LogP contribution in [0.25, 0.3) is 16.6 Å². The second kappa shape index (κ2) is 6.75. The highest BCUT2D eigenvalue weighted by Crippen LogP contribution is 2.20. The molecule has 9 nitrogen and oxygen atoms in total. The van der Waals surface area contributed by atoms with Gasteiger partial charge in [-0.3, -0.25) is 14.9 Å². The molecule has 0 saturated carbocycles. The highest BCUT2D eigenvalue weighted by atomic mass is 16.5. The summed E-state index contributed by atoms with van der Waals surface area (Å²) in [6, 6.07) is 6.57. The number of aromatic amines is 2. The standard InChI is InChI=1S/C19H21N7O2/c1-25-7-3-5-13(25)11-28-19-22-18(27)17-20-9-14(26(17)24-19)8-12-4-2-6-16-15(12)10-21-23-16/h2,4,6,9-10,13H,3,5,7-8,11H2,1H3,(H,21,23)(H,22,24,27)/t13-/m0/s1. The van der Waals surface area contributed by atoms with Gasteiger partial charge in [-0.25, -0.2) is 9.50 Å². The Hall–Kier alpha value is -3.20. The van der Waals surface area contributed by atoms with Gasteiger partial charge in [0.05, 0.1) is 23.6 Å². The van der Waals surface area contributed by atoms with Crippen molar-refractivity contribution in [2.24, 2.45) is 0 Å². The van der Waals surface area contributed by atoms with Crippen LogP contribution in [0.2, 0.25) is 0 Å². The Morgan fingerprint density at radius 3 is 3.11 bits per heavy atom. The van der Waals surface area contributed by atoms with Crippen LogP contribution in [0.15, 0.2) is 35.4 Å². The summed E-state index contributed by atoms with van der Waals surface area (Å²) in [5, 5.41) is 12.6. The Morgan fingerprint density at radius 1 is 1.32 bits per heavy atom. The average molecular weight is 379 g/mol. The molecule has 9 heteroatoms. The van der Waals surface area contributed by atoms with Gasteiger partial charge in [0.2, 0.25) is 5.65 Å². The molecule has 0 radical (unpaired) electrons. The summed E-state index contributed by atoms with van der Waals surface area (Å²) in [7, 11) is 2.09. The van der Waals surface area contributed by atoms with Crippen LogP contribution in [0.5, 0.6) is 6.01 Å². The van der Waals surface area contributed by atoms with Gasteiger partial charge in [-0.05, 0) is 38.1 Å². The summed E-state index contributed by atoms with van der Waals surface area (Å²) >= 11 is 0. The molecule has 5 rings (SSSR count). The predicted octanol–water partition coefficient (Wildman–Crippen LogP) is 1.36. The van der Waals surface area contributed by atoms with Crippen LogP contribution in [-0.2, 0) is 6.42 Å². The zero-order chi connectivity index (χ0) is 19.1. The van der Waals surface area contributed by atoms with Crippen molar-refractivity contribution in [1.82, 2.24) is 34.7 Å². The summed E-state index contributed by atoms with van der Waals surface area (Å²) < 4.78 is 7.38. The van der Waals surface area contributed by atoms with E-state index in [2.05, 4.69) is 37.2 Å². The SMILES string of the molecule is CN1CCC[C@H]1COc1nn2c(Cc3cccc4[nH]ncc34)cnc2c(=O)[nH]1. The lowest BCUT2D eigenvalue weighted by molar-refractivity contribution is 0.185. The number of aromatic nitrogens is 6. The average Bonchev–Trinajstić information content (AvgIpc) is 3.41. The number of rotatable bonds is 5. The molecule has 0 unspecified atom stereocenters. The third kappa shape index (κ3) is 2.93. The molecule has 0 bridgehead atoms. The van der Waals surface area contributed by atoms with Crippen molar-refractivity contribution in [3.8, 4) is 6.01 Å². The lowest BCUT2D eigenvalue weighted by atomic mass is 10.1. The minimum atomic E-state index is -0.308. The number of nitrogens with one attached hydrogen (secondary N) is 2. The maximum Gasteiger partial charge on any atom is 0.314 e. The summed E-state index contributed by atoms with van der Waals surface area (Å²) in [5.41, 5.74) is 2.84. The third-order valence-corrected chi connectivity index (χ3v) is 5.45. The summed E-state index contributed by atoms with van der Waals surface area (Å²) in [4.78, 5) is 21.6. The van der Waals surface area contributed by atoms with Crippen LogP contribution >= 0.6 is 0 Å². The second-order valence-electron chi connectivity index (χ2n) is 7.26. The number of H-pyrrole nitrogens is 2. The first-order chi connectivity index (χ1) is 13.7. The van der Waals surface area contributed by atoms with Gasteiger partial charge in [-0.1, -0.05) is 12.1 Å². The first-order valence-corrected chi connectivity index (χ1v) is 9.40. The Morgan fingerprint density at radius 2 is 2.25 bits per heavy atom. The number of likely N-dealkylation sites (N-methyl/N-ethyl adjacent to an activating group) is 1. The van der Waals surface area contributed by atoms with E-state index in [4.69, 9.17) is 4.74 Å². The number of hydrogen-bond acceptors (Lipinski definition) is 6. The molecule has 28 heavy (non-hydrogen) atoms. The fraction of sp³-hybridized carbons (Fsp3) is 0.368. The predicted molar refractivity (Wildman–Crippen MR) is 104 cm³/mol. The van der Waals surface area contributed by atoms with Crippen LogP contribution in [0.4, 0.5) is 0 Å². The molecular formula is C19H21N7O2. The van der Waals surface area contributed by atoms with E-state index in [1.165, 1.54) is 6.42 Å². The zero-order valence-corrected chi connectivity index (χ0v) is 15.6. The molecule has 2 N–H and O–H groups in total. The smallest absolute Gasteiger partial charge is 0.314 e. The van der Waals surface area contributed by atoms with E-state index in [-0.39, 0.29) is 17.2 Å². The van der Waals surface area contributed by atoms with Gasteiger partial charge < -0.3 is 9.64 Å². The first kappa shape index (κ1) is 16.9. The molecule has 3 aromatic heterocycles. The molecule has 0 spiro atoms. The van der Waals surface area contributed by atoms with E-state index in [0.717, 1.165) is 35.1 Å². The molecule has 1 saturated heterocycles. The van der Waals surface area contributed by atoms with Gasteiger partial charge in [-0.15, -0.1) is 5.10 Å². The number of ether oxygens (including phenoxy) is 1. The largest absolute Gasteiger partial charge is 0.462 e. The molecule has 1 aliphatic heterocycles. The number of likely N-dealkylation sites (tertiary alicyclic amines) is 1. The quantitative estimate of drug-likeness (QED) is 0.543. The Balaban J connectivity index is 1.45. The van der Waals surface area contributed by atoms with Crippen LogP contribution < -0.4 is 10.3 Å². The molecule has 4 aromatic rings. The monoisotopic (exact) mass is 379 g/mol. The van der Waals surface area contributed by atoms with E-state index in [1.54, 1.807) is 16.9 Å². The van der Waals surface area contributed by atoms with Gasteiger partial charge in [0.25, 0.3) is 5.56 Å². The second-order valence-corrected chi connectivity index (χ2v) is 7.26. The number of hydrogen-bond donors (Lipinski definition) is 2. The van der Waals surface area contributed by atoms with E-state index in [1.807, 2.05) is 18.2 Å². The van der Waals surface area contributed by atoms with Crippen molar-refractivity contribution in [3.63, 3.8) is 0 Å². The Kier molecular flexibility index (Phi) is 4.09. The Bertz CT molecular complexity index is 1190. The highest BCUT2D eigenvalue weighted by Gasteiger charge is 2.22. The maximum atomic E-state index is 12.4. The van der Waals surface area contributed by atoms with Crippen molar-refractivity contribution in [3.05, 3.63) is 52.2 Å². The fourth-order valence-electron chi connectivity index (χ4n) is 3.85. The number of benzene rings is 1. The third-order valence-electron chi connectivity index (χ3n) is 5.45. The molecule has 1 aromatic carbocycles. The number of fused-ring (bicyclic) bond motifs is 2. The summed E-state index contributed by atoms with van der Waals surface area (Å²) in [5.74, 6) is 0. The first-order valence-electron chi connectivity index (χ1n) is 9.40. The van der Waals surface area contributed by atoms with E-state index in [0.29, 0.717) is 19.1 Å². The molecule has 0 amide bonds. The van der Waals surface area contributed by atoms with Crippen molar-refractivity contribution < 1.29 is 4.74 Å². The molecule has 1 atom stereocenters. The topological polar surface area (TPSA) is 104 Å². The van der Waals surface area contributed by atoms with E-state index >= 15 is 0 Å². The minimum absolute atomic E-state index is 0.221. The molecule has 4 heterocycles. The van der Waals surface area contributed by atoms with Gasteiger partial charge in [-0.2, -0.15) is 5.10 Å². The van der Waals surface area contributed by atoms with Crippen LogP contribution in [-0.4, -0.2) is 60.9 Å². The van der Waals surface area contributed by atoms with Gasteiger partial charge in [0.1, 0.15) is 6.61 Å². The normalized spacial score (nSPS) is 17.7. The van der Waals surface area contributed by atoms with Crippen LogP contribution in [0.3, 0.4) is 0 Å². The number of imidazole rings is 1. The van der Waals surface area contributed by atoms with E-state index in [9.17, 15) is 4.79 Å². The zero-order valence-electron chi connectivity index (χ0n) is 15.6. The van der Waals surface area contributed by atoms with Crippen LogP contribution in [0.1, 0.15) is 24.1 Å².